The fourth-order valence-electron chi connectivity index (χ4n) is 5.06. The Morgan fingerprint density at radius 2 is 1.94 bits per heavy atom. The first-order valence-electron chi connectivity index (χ1n) is 11.9. The average Bonchev–Trinajstić information content (AvgIpc) is 3.53. The van der Waals surface area contributed by atoms with E-state index in [0.29, 0.717) is 11.9 Å². The molecule has 1 atom stereocenters. The molecule has 31 heavy (non-hydrogen) atoms. The van der Waals surface area contributed by atoms with Crippen LogP contribution in [0.15, 0.2) is 6.07 Å². The molecule has 2 saturated heterocycles. The van der Waals surface area contributed by atoms with E-state index >= 15 is 0 Å². The van der Waals surface area contributed by atoms with Crippen molar-refractivity contribution in [2.75, 3.05) is 29.9 Å². The van der Waals surface area contributed by atoms with E-state index < -0.39 is 0 Å². The summed E-state index contributed by atoms with van der Waals surface area (Å²) in [5.74, 6) is 2.96. The summed E-state index contributed by atoms with van der Waals surface area (Å²) in [4.78, 5) is 27.3. The van der Waals surface area contributed by atoms with E-state index in [2.05, 4.69) is 39.2 Å². The van der Waals surface area contributed by atoms with Crippen LogP contribution in [0.5, 0.6) is 0 Å². The van der Waals surface area contributed by atoms with Crippen LogP contribution in [0.2, 0.25) is 0 Å². The third kappa shape index (κ3) is 4.00. The van der Waals surface area contributed by atoms with Gasteiger partial charge in [0.25, 0.3) is 0 Å². The summed E-state index contributed by atoms with van der Waals surface area (Å²) < 4.78 is 0. The summed E-state index contributed by atoms with van der Waals surface area (Å²) >= 11 is 0. The van der Waals surface area contributed by atoms with E-state index in [0.717, 1.165) is 87.6 Å². The molecule has 0 unspecified atom stereocenters. The van der Waals surface area contributed by atoms with Gasteiger partial charge in [-0.25, -0.2) is 4.98 Å². The fourth-order valence-corrected chi connectivity index (χ4v) is 5.06. The SMILES string of the molecule is CC(C)c1cc(Nc2nc(N3CCC[C@@H]3C(=O)N3CCCCC3)nc3c2CCC3)n[nH]1. The molecular formula is C23H33N7O. The van der Waals surface area contributed by atoms with Crippen molar-refractivity contribution in [1.82, 2.24) is 25.1 Å². The summed E-state index contributed by atoms with van der Waals surface area (Å²) in [6, 6.07) is 1.91. The van der Waals surface area contributed by atoms with Crippen LogP contribution in [-0.2, 0) is 17.6 Å². The number of carbonyl (C=O) groups excluding carboxylic acids is 1. The van der Waals surface area contributed by atoms with Gasteiger partial charge in [-0.05, 0) is 57.3 Å². The number of H-pyrrole nitrogens is 1. The van der Waals surface area contributed by atoms with Gasteiger partial charge in [0.2, 0.25) is 11.9 Å². The first-order valence-corrected chi connectivity index (χ1v) is 11.9. The molecule has 2 N–H and O–H groups in total. The minimum absolute atomic E-state index is 0.136. The number of anilines is 3. The topological polar surface area (TPSA) is 90.0 Å². The van der Waals surface area contributed by atoms with E-state index in [4.69, 9.17) is 9.97 Å². The van der Waals surface area contributed by atoms with Crippen molar-refractivity contribution < 1.29 is 4.79 Å². The molecule has 5 rings (SSSR count). The number of fused-ring (bicyclic) bond motifs is 1. The largest absolute Gasteiger partial charge is 0.341 e. The summed E-state index contributed by atoms with van der Waals surface area (Å²) in [5, 5.41) is 11.0. The Balaban J connectivity index is 1.42. The van der Waals surface area contributed by atoms with Gasteiger partial charge in [0.1, 0.15) is 11.9 Å². The highest BCUT2D eigenvalue weighted by Gasteiger charge is 2.36. The normalized spacial score (nSPS) is 21.1. The Morgan fingerprint density at radius 3 is 2.71 bits per heavy atom. The molecule has 0 bridgehead atoms. The highest BCUT2D eigenvalue weighted by atomic mass is 16.2. The van der Waals surface area contributed by atoms with Crippen LogP contribution in [0, 0.1) is 0 Å². The van der Waals surface area contributed by atoms with Crippen LogP contribution >= 0.6 is 0 Å². The van der Waals surface area contributed by atoms with Gasteiger partial charge in [0.05, 0.1) is 5.69 Å². The van der Waals surface area contributed by atoms with Crippen LogP contribution in [0.4, 0.5) is 17.6 Å². The molecule has 0 radical (unpaired) electrons. The number of likely N-dealkylation sites (tertiary alicyclic amines) is 1. The second-order valence-electron chi connectivity index (χ2n) is 9.38. The van der Waals surface area contributed by atoms with Gasteiger partial charge < -0.3 is 15.1 Å². The van der Waals surface area contributed by atoms with Gasteiger partial charge in [0.15, 0.2) is 5.82 Å². The Labute approximate surface area is 183 Å². The summed E-state index contributed by atoms with van der Waals surface area (Å²) in [5.41, 5.74) is 3.40. The predicted octanol–water partition coefficient (Wildman–Crippen LogP) is 3.54. The molecule has 0 aromatic carbocycles. The molecule has 4 heterocycles. The first kappa shape index (κ1) is 20.3. The molecule has 2 aliphatic heterocycles. The Bertz CT molecular complexity index is 947. The summed E-state index contributed by atoms with van der Waals surface area (Å²) in [6.45, 7) is 6.90. The van der Waals surface area contributed by atoms with Crippen LogP contribution in [0.3, 0.4) is 0 Å². The zero-order valence-corrected chi connectivity index (χ0v) is 18.7. The molecule has 1 aliphatic carbocycles. The number of nitrogens with one attached hydrogen (secondary N) is 2. The molecule has 2 aromatic heterocycles. The molecule has 1 amide bonds. The van der Waals surface area contributed by atoms with Crippen molar-refractivity contribution in [3.8, 4) is 0 Å². The number of piperidine rings is 1. The number of nitrogens with zero attached hydrogens (tertiary/aromatic N) is 5. The van der Waals surface area contributed by atoms with E-state index in [1.807, 2.05) is 6.07 Å². The maximum atomic E-state index is 13.3. The van der Waals surface area contributed by atoms with Gasteiger partial charge in [-0.1, -0.05) is 13.8 Å². The lowest BCUT2D eigenvalue weighted by Gasteiger charge is -2.32. The first-order chi connectivity index (χ1) is 15.1. The van der Waals surface area contributed by atoms with Crippen molar-refractivity contribution in [3.05, 3.63) is 23.0 Å². The average molecular weight is 424 g/mol. The van der Waals surface area contributed by atoms with Gasteiger partial charge in [0, 0.05) is 37.0 Å². The summed E-state index contributed by atoms with van der Waals surface area (Å²) in [6.07, 6.45) is 8.39. The maximum absolute atomic E-state index is 13.3. The smallest absolute Gasteiger partial charge is 0.245 e. The van der Waals surface area contributed by atoms with Crippen molar-refractivity contribution >= 4 is 23.5 Å². The van der Waals surface area contributed by atoms with Crippen LogP contribution in [0.25, 0.3) is 0 Å². The Morgan fingerprint density at radius 1 is 1.10 bits per heavy atom. The third-order valence-electron chi connectivity index (χ3n) is 6.85. The Kier molecular flexibility index (Phi) is 5.54. The highest BCUT2D eigenvalue weighted by molar-refractivity contribution is 5.85. The number of hydrogen-bond donors (Lipinski definition) is 2. The molecule has 8 heteroatoms. The van der Waals surface area contributed by atoms with Crippen molar-refractivity contribution in [1.29, 1.82) is 0 Å². The molecule has 2 aromatic rings. The van der Waals surface area contributed by atoms with Gasteiger partial charge in [-0.15, -0.1) is 0 Å². The van der Waals surface area contributed by atoms with Crippen molar-refractivity contribution in [2.45, 2.75) is 77.2 Å². The van der Waals surface area contributed by atoms with Crippen LogP contribution in [-0.4, -0.2) is 56.6 Å². The van der Waals surface area contributed by atoms with Crippen LogP contribution in [0.1, 0.15) is 75.2 Å². The molecule has 0 saturated carbocycles. The number of rotatable bonds is 5. The van der Waals surface area contributed by atoms with E-state index in [9.17, 15) is 4.79 Å². The molecule has 8 nitrogen and oxygen atoms in total. The monoisotopic (exact) mass is 423 g/mol. The number of carbonyl (C=O) groups is 1. The predicted molar refractivity (Wildman–Crippen MR) is 121 cm³/mol. The quantitative estimate of drug-likeness (QED) is 0.765. The van der Waals surface area contributed by atoms with Crippen molar-refractivity contribution in [3.63, 3.8) is 0 Å². The van der Waals surface area contributed by atoms with E-state index in [-0.39, 0.29) is 11.9 Å². The zero-order chi connectivity index (χ0) is 21.4. The Hall–Kier alpha value is -2.64. The number of hydrogen-bond acceptors (Lipinski definition) is 6. The van der Waals surface area contributed by atoms with E-state index in [1.165, 1.54) is 12.0 Å². The summed E-state index contributed by atoms with van der Waals surface area (Å²) in [7, 11) is 0. The number of aryl methyl sites for hydroxylation is 1. The lowest BCUT2D eigenvalue weighted by molar-refractivity contribution is -0.133. The molecular weight excluding hydrogens is 390 g/mol. The van der Waals surface area contributed by atoms with Crippen LogP contribution < -0.4 is 10.2 Å². The van der Waals surface area contributed by atoms with Crippen molar-refractivity contribution in [2.24, 2.45) is 0 Å². The minimum Gasteiger partial charge on any atom is -0.341 e. The third-order valence-corrected chi connectivity index (χ3v) is 6.85. The molecule has 3 aliphatic rings. The highest BCUT2D eigenvalue weighted by Crippen LogP contribution is 2.33. The number of amides is 1. The molecule has 0 spiro atoms. The van der Waals surface area contributed by atoms with Gasteiger partial charge in [-0.3, -0.25) is 9.89 Å². The minimum atomic E-state index is -0.136. The second kappa shape index (κ2) is 8.48. The lowest BCUT2D eigenvalue weighted by Crippen LogP contribution is -2.48. The number of aromatic amines is 1. The number of aromatic nitrogens is 4. The second-order valence-corrected chi connectivity index (χ2v) is 9.38. The standard InChI is InChI=1S/C23H33N7O/c1-15(2)18-14-20(28-27-18)25-21-16-8-6-9-17(16)24-23(26-21)30-13-7-10-19(30)22(31)29-11-4-3-5-12-29/h14-15,19H,3-13H2,1-2H3,(H2,24,25,26,27,28)/t19-/m1/s1. The maximum Gasteiger partial charge on any atom is 0.245 e. The van der Waals surface area contributed by atoms with E-state index in [1.54, 1.807) is 0 Å². The van der Waals surface area contributed by atoms with Gasteiger partial charge in [-0.2, -0.15) is 10.1 Å². The fraction of sp³-hybridized carbons (Fsp3) is 0.652. The molecule has 2 fully saturated rings. The zero-order valence-electron chi connectivity index (χ0n) is 18.7. The van der Waals surface area contributed by atoms with Gasteiger partial charge >= 0.3 is 0 Å². The molecule has 166 valence electrons. The lowest BCUT2D eigenvalue weighted by atomic mass is 10.1.